The Kier molecular flexibility index (Phi) is 4.42. The SMILES string of the molecule is COCC1CCN(C2CC(C)CCC2C#N)C1. The molecule has 0 N–H and O–H groups in total. The predicted molar refractivity (Wildman–Crippen MR) is 67.5 cm³/mol. The number of methoxy groups -OCH3 is 1. The number of rotatable bonds is 3. The van der Waals surface area contributed by atoms with Crippen LogP contribution in [0.3, 0.4) is 0 Å². The van der Waals surface area contributed by atoms with Crippen molar-refractivity contribution in [3.05, 3.63) is 0 Å². The standard InChI is InChI=1S/C14H24N2O/c1-11-3-4-13(8-15)14(7-11)16-6-5-12(9-16)10-17-2/h11-14H,3-7,9-10H2,1-2H3. The Morgan fingerprint density at radius 2 is 2.18 bits per heavy atom. The van der Waals surface area contributed by atoms with Crippen LogP contribution in [0, 0.1) is 29.1 Å². The van der Waals surface area contributed by atoms with Crippen LogP contribution in [0.4, 0.5) is 0 Å². The fourth-order valence-corrected chi connectivity index (χ4v) is 3.44. The zero-order chi connectivity index (χ0) is 12.3. The molecular weight excluding hydrogens is 212 g/mol. The molecule has 17 heavy (non-hydrogen) atoms. The van der Waals surface area contributed by atoms with E-state index in [0.717, 1.165) is 32.0 Å². The first kappa shape index (κ1) is 12.9. The Morgan fingerprint density at radius 1 is 1.35 bits per heavy atom. The van der Waals surface area contributed by atoms with E-state index in [1.54, 1.807) is 7.11 Å². The predicted octanol–water partition coefficient (Wildman–Crippen LogP) is 2.28. The topological polar surface area (TPSA) is 36.3 Å². The fourth-order valence-electron chi connectivity index (χ4n) is 3.44. The lowest BCUT2D eigenvalue weighted by Crippen LogP contribution is -2.42. The lowest BCUT2D eigenvalue weighted by atomic mass is 9.79. The number of ether oxygens (including phenoxy) is 1. The van der Waals surface area contributed by atoms with Crippen LogP contribution in [-0.2, 0) is 4.74 Å². The summed E-state index contributed by atoms with van der Waals surface area (Å²) in [5.41, 5.74) is 0. The van der Waals surface area contributed by atoms with Crippen molar-refractivity contribution in [2.24, 2.45) is 17.8 Å². The lowest BCUT2D eigenvalue weighted by Gasteiger charge is -2.37. The van der Waals surface area contributed by atoms with E-state index >= 15 is 0 Å². The summed E-state index contributed by atoms with van der Waals surface area (Å²) in [7, 11) is 1.78. The molecule has 1 aliphatic carbocycles. The van der Waals surface area contributed by atoms with Crippen LogP contribution in [0.1, 0.15) is 32.6 Å². The highest BCUT2D eigenvalue weighted by Gasteiger charge is 2.36. The molecule has 1 heterocycles. The molecule has 0 aromatic rings. The molecule has 1 saturated carbocycles. The van der Waals surface area contributed by atoms with Crippen LogP contribution < -0.4 is 0 Å². The second kappa shape index (κ2) is 5.84. The molecule has 1 aliphatic heterocycles. The molecule has 0 spiro atoms. The Bertz CT molecular complexity index is 286. The highest BCUT2D eigenvalue weighted by molar-refractivity contribution is 4.98. The summed E-state index contributed by atoms with van der Waals surface area (Å²) in [6.45, 7) is 5.48. The maximum atomic E-state index is 9.28. The molecule has 0 aromatic heterocycles. The van der Waals surface area contributed by atoms with Crippen molar-refractivity contribution in [3.8, 4) is 6.07 Å². The molecule has 2 fully saturated rings. The first-order valence-corrected chi connectivity index (χ1v) is 6.87. The Morgan fingerprint density at radius 3 is 2.88 bits per heavy atom. The van der Waals surface area contributed by atoms with Gasteiger partial charge in [-0.15, -0.1) is 0 Å². The number of hydrogen-bond donors (Lipinski definition) is 0. The molecule has 0 radical (unpaired) electrons. The molecule has 1 saturated heterocycles. The zero-order valence-electron chi connectivity index (χ0n) is 11.1. The Labute approximate surface area is 105 Å². The van der Waals surface area contributed by atoms with E-state index in [0.29, 0.717) is 12.0 Å². The molecule has 4 atom stereocenters. The molecular formula is C14H24N2O. The minimum absolute atomic E-state index is 0.257. The minimum atomic E-state index is 0.257. The molecule has 4 unspecified atom stereocenters. The van der Waals surface area contributed by atoms with Gasteiger partial charge in [-0.2, -0.15) is 5.26 Å². The van der Waals surface area contributed by atoms with Gasteiger partial charge in [0, 0.05) is 19.7 Å². The largest absolute Gasteiger partial charge is 0.384 e. The Balaban J connectivity index is 1.94. The molecule has 0 amide bonds. The number of likely N-dealkylation sites (tertiary alicyclic amines) is 1. The van der Waals surface area contributed by atoms with Crippen LogP contribution in [-0.4, -0.2) is 37.7 Å². The van der Waals surface area contributed by atoms with Crippen LogP contribution >= 0.6 is 0 Å². The van der Waals surface area contributed by atoms with Gasteiger partial charge < -0.3 is 4.74 Å². The van der Waals surface area contributed by atoms with Gasteiger partial charge in [0.1, 0.15) is 0 Å². The van der Waals surface area contributed by atoms with E-state index in [4.69, 9.17) is 4.74 Å². The average molecular weight is 236 g/mol. The third-order valence-electron chi connectivity index (χ3n) is 4.43. The van der Waals surface area contributed by atoms with Crippen molar-refractivity contribution in [1.29, 1.82) is 5.26 Å². The molecule has 3 heteroatoms. The summed E-state index contributed by atoms with van der Waals surface area (Å²) in [6.07, 6.45) is 4.76. The van der Waals surface area contributed by atoms with Gasteiger partial charge in [-0.3, -0.25) is 4.90 Å². The minimum Gasteiger partial charge on any atom is -0.384 e. The third-order valence-corrected chi connectivity index (χ3v) is 4.43. The summed E-state index contributed by atoms with van der Waals surface area (Å²) in [4.78, 5) is 2.55. The van der Waals surface area contributed by atoms with Gasteiger partial charge in [-0.05, 0) is 44.1 Å². The van der Waals surface area contributed by atoms with Gasteiger partial charge in [-0.1, -0.05) is 6.92 Å². The van der Waals surface area contributed by atoms with Gasteiger partial charge in [-0.25, -0.2) is 0 Å². The average Bonchev–Trinajstić information content (AvgIpc) is 2.78. The van der Waals surface area contributed by atoms with E-state index in [9.17, 15) is 5.26 Å². The highest BCUT2D eigenvalue weighted by Crippen LogP contribution is 2.34. The molecule has 2 aliphatic rings. The first-order chi connectivity index (χ1) is 8.24. The van der Waals surface area contributed by atoms with E-state index < -0.39 is 0 Å². The fraction of sp³-hybridized carbons (Fsp3) is 0.929. The van der Waals surface area contributed by atoms with Crippen LogP contribution in [0.25, 0.3) is 0 Å². The van der Waals surface area contributed by atoms with Gasteiger partial charge >= 0.3 is 0 Å². The van der Waals surface area contributed by atoms with Crippen molar-refractivity contribution in [2.45, 2.75) is 38.6 Å². The maximum Gasteiger partial charge on any atom is 0.0672 e. The monoisotopic (exact) mass is 236 g/mol. The lowest BCUT2D eigenvalue weighted by molar-refractivity contribution is 0.111. The summed E-state index contributed by atoms with van der Waals surface area (Å²) in [5.74, 6) is 1.72. The second-order valence-electron chi connectivity index (χ2n) is 5.83. The normalized spacial score (nSPS) is 39.1. The maximum absolute atomic E-state index is 9.28. The summed E-state index contributed by atoms with van der Waals surface area (Å²) >= 11 is 0. The van der Waals surface area contributed by atoms with Crippen molar-refractivity contribution >= 4 is 0 Å². The van der Waals surface area contributed by atoms with Crippen LogP contribution in [0.5, 0.6) is 0 Å². The van der Waals surface area contributed by atoms with Crippen LogP contribution in [0.2, 0.25) is 0 Å². The summed E-state index contributed by atoms with van der Waals surface area (Å²) in [6, 6.07) is 3.03. The van der Waals surface area contributed by atoms with Crippen LogP contribution in [0.15, 0.2) is 0 Å². The molecule has 96 valence electrons. The number of nitriles is 1. The number of hydrogen-bond acceptors (Lipinski definition) is 3. The molecule has 2 rings (SSSR count). The van der Waals surface area contributed by atoms with Gasteiger partial charge in [0.25, 0.3) is 0 Å². The highest BCUT2D eigenvalue weighted by atomic mass is 16.5. The smallest absolute Gasteiger partial charge is 0.0672 e. The summed E-state index contributed by atoms with van der Waals surface area (Å²) in [5, 5.41) is 9.28. The number of nitrogens with zero attached hydrogens (tertiary/aromatic N) is 2. The van der Waals surface area contributed by atoms with Gasteiger partial charge in [0.05, 0.1) is 18.6 Å². The summed E-state index contributed by atoms with van der Waals surface area (Å²) < 4.78 is 5.24. The van der Waals surface area contributed by atoms with E-state index in [1.807, 2.05) is 0 Å². The van der Waals surface area contributed by atoms with Crippen molar-refractivity contribution < 1.29 is 4.74 Å². The Hall–Kier alpha value is -0.590. The second-order valence-corrected chi connectivity index (χ2v) is 5.83. The van der Waals surface area contributed by atoms with E-state index in [2.05, 4.69) is 17.9 Å². The van der Waals surface area contributed by atoms with Crippen molar-refractivity contribution in [2.75, 3.05) is 26.8 Å². The van der Waals surface area contributed by atoms with Gasteiger partial charge in [0.15, 0.2) is 0 Å². The van der Waals surface area contributed by atoms with Crippen molar-refractivity contribution in [1.82, 2.24) is 4.90 Å². The van der Waals surface area contributed by atoms with Crippen molar-refractivity contribution in [3.63, 3.8) is 0 Å². The van der Waals surface area contributed by atoms with E-state index in [-0.39, 0.29) is 5.92 Å². The van der Waals surface area contributed by atoms with Gasteiger partial charge in [0.2, 0.25) is 0 Å². The van der Waals surface area contributed by atoms with E-state index in [1.165, 1.54) is 19.3 Å². The molecule has 0 aromatic carbocycles. The first-order valence-electron chi connectivity index (χ1n) is 6.87. The molecule has 0 bridgehead atoms. The quantitative estimate of drug-likeness (QED) is 0.754. The third kappa shape index (κ3) is 3.00. The zero-order valence-corrected chi connectivity index (χ0v) is 11.1. The molecule has 3 nitrogen and oxygen atoms in total.